The van der Waals surface area contributed by atoms with Crippen molar-refractivity contribution in [1.82, 2.24) is 15.8 Å². The molecule has 3 N–H and O–H groups in total. The predicted octanol–water partition coefficient (Wildman–Crippen LogP) is 3.21. The molecule has 0 bridgehead atoms. The van der Waals surface area contributed by atoms with Crippen LogP contribution in [0.1, 0.15) is 84.9 Å². The van der Waals surface area contributed by atoms with Crippen molar-refractivity contribution in [2.75, 3.05) is 6.61 Å². The lowest BCUT2D eigenvalue weighted by Gasteiger charge is -2.28. The zero-order valence-electron chi connectivity index (χ0n) is 21.4. The SMILES string of the molecule is CC[C@@]1(C)NC(=O)N(NC(=O)COC(=O)CCc2cc(C(C)(C)C)c(O)c(C(C)(C)C)c2)C1=O. The van der Waals surface area contributed by atoms with E-state index in [0.717, 1.165) is 16.7 Å². The number of carbonyl (C=O) groups is 4. The van der Waals surface area contributed by atoms with Gasteiger partial charge in [-0.25, -0.2) is 4.79 Å². The van der Waals surface area contributed by atoms with Crippen LogP contribution in [0.25, 0.3) is 0 Å². The normalized spacial score (nSPS) is 18.6. The van der Waals surface area contributed by atoms with Crippen LogP contribution in [0.4, 0.5) is 4.79 Å². The number of hydrazine groups is 1. The molecule has 1 aromatic carbocycles. The van der Waals surface area contributed by atoms with Crippen LogP contribution in [-0.2, 0) is 36.4 Å². The quantitative estimate of drug-likeness (QED) is 0.411. The third-order valence-electron chi connectivity index (χ3n) is 5.97. The number of imide groups is 1. The first-order chi connectivity index (χ1) is 15.5. The van der Waals surface area contributed by atoms with Gasteiger partial charge in [-0.1, -0.05) is 60.6 Å². The van der Waals surface area contributed by atoms with Gasteiger partial charge in [-0.2, -0.15) is 5.01 Å². The Labute approximate surface area is 201 Å². The number of urea groups is 1. The summed E-state index contributed by atoms with van der Waals surface area (Å²) in [5, 5.41) is 13.9. The smallest absolute Gasteiger partial charge is 0.344 e. The summed E-state index contributed by atoms with van der Waals surface area (Å²) < 4.78 is 5.03. The molecule has 2 rings (SSSR count). The van der Waals surface area contributed by atoms with E-state index in [4.69, 9.17) is 4.74 Å². The molecule has 1 aliphatic heterocycles. The second-order valence-corrected chi connectivity index (χ2v) is 11.0. The standard InChI is InChI=1S/C25H37N3O6/c1-9-25(8)21(32)28(22(33)26-25)27-18(29)14-34-19(30)11-10-15-12-16(23(2,3)4)20(31)17(13-15)24(5,6)7/h12-13,31H,9-11,14H2,1-8H3,(H,26,33)(H,27,29)/t25-/m1/s1. The lowest BCUT2D eigenvalue weighted by atomic mass is 9.78. The van der Waals surface area contributed by atoms with Gasteiger partial charge in [-0.15, -0.1) is 0 Å². The molecule has 0 unspecified atom stereocenters. The Balaban J connectivity index is 1.99. The molecule has 188 valence electrons. The molecule has 0 aromatic heterocycles. The number of ether oxygens (including phenoxy) is 1. The van der Waals surface area contributed by atoms with Crippen molar-refractivity contribution in [2.24, 2.45) is 0 Å². The number of phenolic OH excluding ortho intramolecular Hbond substituents is 1. The fourth-order valence-corrected chi connectivity index (χ4v) is 3.63. The van der Waals surface area contributed by atoms with Gasteiger partial charge in [-0.3, -0.25) is 19.8 Å². The molecular weight excluding hydrogens is 438 g/mol. The number of rotatable bonds is 7. The number of aryl methyl sites for hydroxylation is 1. The molecule has 0 radical (unpaired) electrons. The molecule has 4 amide bonds. The third-order valence-corrected chi connectivity index (χ3v) is 5.97. The molecule has 34 heavy (non-hydrogen) atoms. The fourth-order valence-electron chi connectivity index (χ4n) is 3.63. The number of nitrogens with zero attached hydrogens (tertiary/aromatic N) is 1. The number of aromatic hydroxyl groups is 1. The number of hydrogen-bond acceptors (Lipinski definition) is 6. The third kappa shape index (κ3) is 6.07. The van der Waals surface area contributed by atoms with E-state index in [9.17, 15) is 24.3 Å². The highest BCUT2D eigenvalue weighted by Gasteiger charge is 2.47. The Morgan fingerprint density at radius 3 is 2.06 bits per heavy atom. The van der Waals surface area contributed by atoms with E-state index in [-0.39, 0.29) is 23.0 Å². The average Bonchev–Trinajstić information content (AvgIpc) is 2.93. The molecule has 1 aromatic rings. The molecule has 1 fully saturated rings. The molecular formula is C25H37N3O6. The van der Waals surface area contributed by atoms with Crippen LogP contribution in [0.5, 0.6) is 5.75 Å². The van der Waals surface area contributed by atoms with E-state index in [1.165, 1.54) is 0 Å². The second kappa shape index (κ2) is 9.64. The van der Waals surface area contributed by atoms with Crippen LogP contribution in [-0.4, -0.2) is 46.1 Å². The minimum Gasteiger partial charge on any atom is -0.507 e. The van der Waals surface area contributed by atoms with E-state index in [0.29, 0.717) is 17.9 Å². The van der Waals surface area contributed by atoms with Gasteiger partial charge in [0.25, 0.3) is 11.8 Å². The maximum absolute atomic E-state index is 12.3. The average molecular weight is 476 g/mol. The summed E-state index contributed by atoms with van der Waals surface area (Å²) in [6.07, 6.45) is 0.765. The minimum atomic E-state index is -1.08. The Morgan fingerprint density at radius 1 is 1.09 bits per heavy atom. The van der Waals surface area contributed by atoms with Crippen LogP contribution in [0, 0.1) is 0 Å². The van der Waals surface area contributed by atoms with E-state index in [1.54, 1.807) is 13.8 Å². The number of benzene rings is 1. The van der Waals surface area contributed by atoms with E-state index < -0.39 is 36.0 Å². The zero-order valence-corrected chi connectivity index (χ0v) is 21.4. The van der Waals surface area contributed by atoms with Gasteiger partial charge >= 0.3 is 12.0 Å². The summed E-state index contributed by atoms with van der Waals surface area (Å²) in [5.74, 6) is -1.68. The van der Waals surface area contributed by atoms with Crippen molar-refractivity contribution in [1.29, 1.82) is 0 Å². The molecule has 0 spiro atoms. The fraction of sp³-hybridized carbons (Fsp3) is 0.600. The number of amides is 4. The number of hydrogen-bond donors (Lipinski definition) is 3. The highest BCUT2D eigenvalue weighted by atomic mass is 16.5. The van der Waals surface area contributed by atoms with Gasteiger partial charge in [0.15, 0.2) is 6.61 Å². The van der Waals surface area contributed by atoms with Crippen molar-refractivity contribution in [2.45, 2.75) is 91.0 Å². The van der Waals surface area contributed by atoms with Gasteiger partial charge in [-0.05, 0) is 47.3 Å². The van der Waals surface area contributed by atoms with Crippen LogP contribution < -0.4 is 10.7 Å². The molecule has 9 heteroatoms. The second-order valence-electron chi connectivity index (χ2n) is 11.0. The van der Waals surface area contributed by atoms with Gasteiger partial charge in [0.2, 0.25) is 0 Å². The van der Waals surface area contributed by atoms with Gasteiger partial charge in [0.05, 0.1) is 0 Å². The Hall–Kier alpha value is -3.10. The Bertz CT molecular complexity index is 954. The van der Waals surface area contributed by atoms with Crippen molar-refractivity contribution in [3.63, 3.8) is 0 Å². The summed E-state index contributed by atoms with van der Waals surface area (Å²) in [6.45, 7) is 14.8. The van der Waals surface area contributed by atoms with Crippen LogP contribution in [0.2, 0.25) is 0 Å². The predicted molar refractivity (Wildman–Crippen MR) is 127 cm³/mol. The first-order valence-corrected chi connectivity index (χ1v) is 11.5. The summed E-state index contributed by atoms with van der Waals surface area (Å²) in [6, 6.07) is 3.06. The van der Waals surface area contributed by atoms with E-state index in [1.807, 2.05) is 53.7 Å². The number of nitrogens with one attached hydrogen (secondary N) is 2. The van der Waals surface area contributed by atoms with Crippen molar-refractivity contribution < 1.29 is 29.0 Å². The summed E-state index contributed by atoms with van der Waals surface area (Å²) in [7, 11) is 0. The topological polar surface area (TPSA) is 125 Å². The van der Waals surface area contributed by atoms with Gasteiger partial charge in [0, 0.05) is 6.42 Å². The summed E-state index contributed by atoms with van der Waals surface area (Å²) in [4.78, 5) is 48.7. The monoisotopic (exact) mass is 475 g/mol. The van der Waals surface area contributed by atoms with Crippen LogP contribution in [0.3, 0.4) is 0 Å². The summed E-state index contributed by atoms with van der Waals surface area (Å²) >= 11 is 0. The molecule has 0 aliphatic carbocycles. The van der Waals surface area contributed by atoms with Gasteiger partial charge in [0.1, 0.15) is 11.3 Å². The lowest BCUT2D eigenvalue weighted by Crippen LogP contribution is -2.49. The van der Waals surface area contributed by atoms with Crippen LogP contribution in [0.15, 0.2) is 12.1 Å². The Morgan fingerprint density at radius 2 is 1.62 bits per heavy atom. The highest BCUT2D eigenvalue weighted by molar-refractivity contribution is 6.07. The molecule has 1 aliphatic rings. The molecule has 1 saturated heterocycles. The minimum absolute atomic E-state index is 0.0300. The largest absolute Gasteiger partial charge is 0.507 e. The maximum atomic E-state index is 12.3. The zero-order chi connectivity index (χ0) is 26.1. The highest BCUT2D eigenvalue weighted by Crippen LogP contribution is 2.40. The molecule has 0 saturated carbocycles. The molecule has 9 nitrogen and oxygen atoms in total. The maximum Gasteiger partial charge on any atom is 0.344 e. The Kier molecular flexibility index (Phi) is 7.70. The number of carbonyl (C=O) groups excluding carboxylic acids is 4. The summed E-state index contributed by atoms with van der Waals surface area (Å²) in [5.41, 5.74) is 3.01. The van der Waals surface area contributed by atoms with Crippen molar-refractivity contribution in [3.05, 3.63) is 28.8 Å². The first-order valence-electron chi connectivity index (χ1n) is 11.5. The molecule has 1 heterocycles. The van der Waals surface area contributed by atoms with Crippen LogP contribution >= 0.6 is 0 Å². The number of phenols is 1. The molecule has 1 atom stereocenters. The number of esters is 1. The first kappa shape index (κ1) is 27.1. The van der Waals surface area contributed by atoms with Crippen molar-refractivity contribution in [3.8, 4) is 5.75 Å². The van der Waals surface area contributed by atoms with E-state index in [2.05, 4.69) is 10.7 Å². The lowest BCUT2D eigenvalue weighted by molar-refractivity contribution is -0.150. The van der Waals surface area contributed by atoms with E-state index >= 15 is 0 Å². The van der Waals surface area contributed by atoms with Gasteiger partial charge < -0.3 is 15.2 Å². The van der Waals surface area contributed by atoms with Crippen molar-refractivity contribution >= 4 is 23.8 Å².